The van der Waals surface area contributed by atoms with Crippen molar-refractivity contribution in [2.75, 3.05) is 20.1 Å². The van der Waals surface area contributed by atoms with E-state index in [1.807, 2.05) is 37.4 Å². The van der Waals surface area contributed by atoms with Gasteiger partial charge in [0.15, 0.2) is 0 Å². The second kappa shape index (κ2) is 7.85. The molecule has 0 aliphatic heterocycles. The number of carbonyl (C=O) groups is 1. The summed E-state index contributed by atoms with van der Waals surface area (Å²) in [7, 11) is 1.86. The molecule has 0 saturated heterocycles. The Morgan fingerprint density at radius 2 is 1.94 bits per heavy atom. The van der Waals surface area contributed by atoms with Gasteiger partial charge in [0.25, 0.3) is 0 Å². The zero-order valence-electron chi connectivity index (χ0n) is 10.8. The highest BCUT2D eigenvalue weighted by atomic mass is 16.2. The molecule has 3 heteroatoms. The number of rotatable bonds is 7. The van der Waals surface area contributed by atoms with Gasteiger partial charge in [0, 0.05) is 26.6 Å². The molecule has 94 valence electrons. The van der Waals surface area contributed by atoms with E-state index in [0.717, 1.165) is 19.5 Å². The van der Waals surface area contributed by atoms with Gasteiger partial charge in [-0.15, -0.1) is 0 Å². The standard InChI is InChI=1S/C14H22N2O/c1-3-10-15-11-9-14(17)16(2)12-13-7-5-4-6-8-13/h4-8,15H,3,9-12H2,1-2H3. The summed E-state index contributed by atoms with van der Waals surface area (Å²) < 4.78 is 0. The highest BCUT2D eigenvalue weighted by Crippen LogP contribution is 2.03. The third kappa shape index (κ3) is 5.50. The molecule has 0 aliphatic carbocycles. The minimum atomic E-state index is 0.192. The van der Waals surface area contributed by atoms with Crippen LogP contribution in [0.5, 0.6) is 0 Å². The van der Waals surface area contributed by atoms with Crippen molar-refractivity contribution in [1.82, 2.24) is 10.2 Å². The van der Waals surface area contributed by atoms with Gasteiger partial charge in [-0.25, -0.2) is 0 Å². The van der Waals surface area contributed by atoms with E-state index in [2.05, 4.69) is 12.2 Å². The van der Waals surface area contributed by atoms with Crippen molar-refractivity contribution in [1.29, 1.82) is 0 Å². The second-order valence-electron chi connectivity index (χ2n) is 4.24. The number of nitrogens with one attached hydrogen (secondary N) is 1. The van der Waals surface area contributed by atoms with Crippen LogP contribution in [0.25, 0.3) is 0 Å². The lowest BCUT2D eigenvalue weighted by Gasteiger charge is -2.17. The van der Waals surface area contributed by atoms with Crippen LogP contribution < -0.4 is 5.32 Å². The summed E-state index contributed by atoms with van der Waals surface area (Å²) in [6.45, 7) is 4.56. The van der Waals surface area contributed by atoms with Gasteiger partial charge in [0.2, 0.25) is 5.91 Å². The molecule has 1 aromatic rings. The summed E-state index contributed by atoms with van der Waals surface area (Å²) in [5.41, 5.74) is 1.17. The van der Waals surface area contributed by atoms with E-state index in [1.165, 1.54) is 5.56 Å². The first kappa shape index (κ1) is 13.7. The van der Waals surface area contributed by atoms with Gasteiger partial charge < -0.3 is 10.2 Å². The van der Waals surface area contributed by atoms with Crippen LogP contribution in [0.1, 0.15) is 25.3 Å². The lowest BCUT2D eigenvalue weighted by atomic mass is 10.2. The number of hydrogen-bond donors (Lipinski definition) is 1. The van der Waals surface area contributed by atoms with Crippen molar-refractivity contribution in [3.63, 3.8) is 0 Å². The average molecular weight is 234 g/mol. The fraction of sp³-hybridized carbons (Fsp3) is 0.500. The fourth-order valence-electron chi connectivity index (χ4n) is 1.63. The molecule has 0 unspecified atom stereocenters. The molecule has 1 aromatic carbocycles. The van der Waals surface area contributed by atoms with Crippen LogP contribution in [0.4, 0.5) is 0 Å². The first-order valence-corrected chi connectivity index (χ1v) is 6.22. The Bertz CT molecular complexity index is 324. The quantitative estimate of drug-likeness (QED) is 0.732. The summed E-state index contributed by atoms with van der Waals surface area (Å²) in [5, 5.41) is 3.24. The van der Waals surface area contributed by atoms with Crippen LogP contribution in [-0.2, 0) is 11.3 Å². The van der Waals surface area contributed by atoms with Crippen molar-refractivity contribution in [2.24, 2.45) is 0 Å². The SMILES string of the molecule is CCCNCCC(=O)N(C)Cc1ccccc1. The number of nitrogens with zero attached hydrogens (tertiary/aromatic N) is 1. The lowest BCUT2D eigenvalue weighted by molar-refractivity contribution is -0.130. The van der Waals surface area contributed by atoms with Crippen molar-refractivity contribution in [3.05, 3.63) is 35.9 Å². The van der Waals surface area contributed by atoms with E-state index < -0.39 is 0 Å². The summed E-state index contributed by atoms with van der Waals surface area (Å²) >= 11 is 0. The molecule has 17 heavy (non-hydrogen) atoms. The van der Waals surface area contributed by atoms with E-state index in [9.17, 15) is 4.79 Å². The Balaban J connectivity index is 2.27. The Kier molecular flexibility index (Phi) is 6.33. The highest BCUT2D eigenvalue weighted by molar-refractivity contribution is 5.76. The van der Waals surface area contributed by atoms with Crippen LogP contribution in [-0.4, -0.2) is 30.9 Å². The van der Waals surface area contributed by atoms with Crippen LogP contribution >= 0.6 is 0 Å². The van der Waals surface area contributed by atoms with Gasteiger partial charge in [-0.05, 0) is 18.5 Å². The predicted molar refractivity (Wildman–Crippen MR) is 70.7 cm³/mol. The van der Waals surface area contributed by atoms with Crippen molar-refractivity contribution in [3.8, 4) is 0 Å². The number of benzene rings is 1. The zero-order chi connectivity index (χ0) is 12.5. The molecule has 0 radical (unpaired) electrons. The molecular weight excluding hydrogens is 212 g/mol. The molecule has 0 bridgehead atoms. The van der Waals surface area contributed by atoms with Crippen LogP contribution in [0, 0.1) is 0 Å². The van der Waals surface area contributed by atoms with Gasteiger partial charge in [-0.1, -0.05) is 37.3 Å². The fourth-order valence-corrected chi connectivity index (χ4v) is 1.63. The largest absolute Gasteiger partial charge is 0.341 e. The molecule has 0 atom stereocenters. The molecular formula is C14H22N2O. The minimum absolute atomic E-state index is 0.192. The smallest absolute Gasteiger partial charge is 0.223 e. The molecule has 1 N–H and O–H groups in total. The monoisotopic (exact) mass is 234 g/mol. The summed E-state index contributed by atoms with van der Waals surface area (Å²) in [6.07, 6.45) is 1.68. The molecule has 0 aromatic heterocycles. The van der Waals surface area contributed by atoms with Crippen molar-refractivity contribution >= 4 is 5.91 Å². The van der Waals surface area contributed by atoms with Gasteiger partial charge in [-0.2, -0.15) is 0 Å². The van der Waals surface area contributed by atoms with Gasteiger partial charge in [0.1, 0.15) is 0 Å². The van der Waals surface area contributed by atoms with Gasteiger partial charge in [-0.3, -0.25) is 4.79 Å². The maximum absolute atomic E-state index is 11.8. The first-order chi connectivity index (χ1) is 8.24. The topological polar surface area (TPSA) is 32.3 Å². The van der Waals surface area contributed by atoms with E-state index in [0.29, 0.717) is 13.0 Å². The van der Waals surface area contributed by atoms with E-state index in [4.69, 9.17) is 0 Å². The normalized spacial score (nSPS) is 10.2. The first-order valence-electron chi connectivity index (χ1n) is 6.22. The van der Waals surface area contributed by atoms with Gasteiger partial charge >= 0.3 is 0 Å². The zero-order valence-corrected chi connectivity index (χ0v) is 10.8. The molecule has 1 amide bonds. The van der Waals surface area contributed by atoms with E-state index >= 15 is 0 Å². The average Bonchev–Trinajstić information content (AvgIpc) is 2.35. The predicted octanol–water partition coefficient (Wildman–Crippen LogP) is 2.03. The highest BCUT2D eigenvalue weighted by Gasteiger charge is 2.08. The van der Waals surface area contributed by atoms with Crippen molar-refractivity contribution in [2.45, 2.75) is 26.3 Å². The molecule has 0 spiro atoms. The molecule has 0 fully saturated rings. The van der Waals surface area contributed by atoms with Crippen LogP contribution in [0.3, 0.4) is 0 Å². The van der Waals surface area contributed by atoms with Gasteiger partial charge in [0.05, 0.1) is 0 Å². The molecule has 1 rings (SSSR count). The Hall–Kier alpha value is -1.35. The summed E-state index contributed by atoms with van der Waals surface area (Å²) in [5.74, 6) is 0.192. The Morgan fingerprint density at radius 1 is 1.24 bits per heavy atom. The third-order valence-electron chi connectivity index (χ3n) is 2.63. The van der Waals surface area contributed by atoms with Crippen molar-refractivity contribution < 1.29 is 4.79 Å². The minimum Gasteiger partial charge on any atom is -0.341 e. The number of carbonyl (C=O) groups excluding carboxylic acids is 1. The van der Waals surface area contributed by atoms with Crippen LogP contribution in [0.15, 0.2) is 30.3 Å². The number of hydrogen-bond acceptors (Lipinski definition) is 2. The number of amides is 1. The Morgan fingerprint density at radius 3 is 2.59 bits per heavy atom. The van der Waals surface area contributed by atoms with Crippen LogP contribution in [0.2, 0.25) is 0 Å². The van der Waals surface area contributed by atoms with E-state index in [1.54, 1.807) is 4.90 Å². The lowest BCUT2D eigenvalue weighted by Crippen LogP contribution is -2.29. The molecule has 3 nitrogen and oxygen atoms in total. The van der Waals surface area contributed by atoms with E-state index in [-0.39, 0.29) is 5.91 Å². The second-order valence-corrected chi connectivity index (χ2v) is 4.24. The Labute approximate surface area is 104 Å². The summed E-state index contributed by atoms with van der Waals surface area (Å²) in [4.78, 5) is 13.6. The third-order valence-corrected chi connectivity index (χ3v) is 2.63. The summed E-state index contributed by atoms with van der Waals surface area (Å²) in [6, 6.07) is 10.1. The molecule has 0 heterocycles. The molecule has 0 aliphatic rings. The molecule has 0 saturated carbocycles. The maximum atomic E-state index is 11.8. The maximum Gasteiger partial charge on any atom is 0.223 e.